The zero-order valence-corrected chi connectivity index (χ0v) is 8.03. The second-order valence-electron chi connectivity index (χ2n) is 3.27. The molecule has 0 atom stereocenters. The minimum absolute atomic E-state index is 1.08. The predicted octanol–water partition coefficient (Wildman–Crippen LogP) is 2.84. The molecule has 0 aliphatic heterocycles. The molecular formula is C12H14N2. The summed E-state index contributed by atoms with van der Waals surface area (Å²) in [5.41, 5.74) is 8.68. The number of hydrogen-bond donors (Lipinski definition) is 2. The van der Waals surface area contributed by atoms with Gasteiger partial charge < -0.3 is 10.9 Å². The maximum absolute atomic E-state index is 3.20. The zero-order valence-electron chi connectivity index (χ0n) is 8.03. The van der Waals surface area contributed by atoms with Crippen LogP contribution < -0.4 is 10.9 Å². The number of para-hydroxylation sites is 1. The largest absolute Gasteiger partial charge is 0.305 e. The molecule has 0 radical (unpaired) electrons. The third kappa shape index (κ3) is 2.39. The van der Waals surface area contributed by atoms with Gasteiger partial charge in [-0.2, -0.15) is 0 Å². The van der Waals surface area contributed by atoms with Crippen molar-refractivity contribution >= 4 is 5.69 Å². The molecule has 2 heteroatoms. The van der Waals surface area contributed by atoms with Crippen LogP contribution in [0.4, 0.5) is 5.69 Å². The molecule has 0 aromatic heterocycles. The van der Waals surface area contributed by atoms with Gasteiger partial charge in [-0.1, -0.05) is 30.4 Å². The highest BCUT2D eigenvalue weighted by molar-refractivity contribution is 5.42. The molecule has 1 aliphatic carbocycles. The van der Waals surface area contributed by atoms with Gasteiger partial charge in [0.25, 0.3) is 0 Å². The lowest BCUT2D eigenvalue weighted by atomic mass is 10.1. The lowest BCUT2D eigenvalue weighted by molar-refractivity contribution is 0.831. The number of hydrazine groups is 1. The van der Waals surface area contributed by atoms with Gasteiger partial charge in [0.15, 0.2) is 0 Å². The Bertz CT molecular complexity index is 339. The van der Waals surface area contributed by atoms with E-state index in [9.17, 15) is 0 Å². The molecule has 1 aromatic rings. The summed E-state index contributed by atoms with van der Waals surface area (Å²) >= 11 is 0. The molecule has 0 heterocycles. The van der Waals surface area contributed by atoms with Crippen LogP contribution in [0.5, 0.6) is 0 Å². The van der Waals surface area contributed by atoms with Gasteiger partial charge in [-0.25, -0.2) is 0 Å². The first-order chi connectivity index (χ1) is 6.95. The van der Waals surface area contributed by atoms with Crippen LogP contribution in [0.1, 0.15) is 12.8 Å². The van der Waals surface area contributed by atoms with Gasteiger partial charge in [-0.3, -0.25) is 0 Å². The van der Waals surface area contributed by atoms with Crippen molar-refractivity contribution in [2.45, 2.75) is 12.8 Å². The molecule has 1 aliphatic rings. The van der Waals surface area contributed by atoms with Crippen LogP contribution >= 0.6 is 0 Å². The molecule has 14 heavy (non-hydrogen) atoms. The molecule has 0 amide bonds. The average molecular weight is 186 g/mol. The Morgan fingerprint density at radius 3 is 2.57 bits per heavy atom. The van der Waals surface area contributed by atoms with E-state index in [1.54, 1.807) is 0 Å². The Balaban J connectivity index is 1.88. The molecule has 0 spiro atoms. The molecule has 2 nitrogen and oxygen atoms in total. The fourth-order valence-electron chi connectivity index (χ4n) is 1.38. The van der Waals surface area contributed by atoms with Crippen molar-refractivity contribution in [2.24, 2.45) is 0 Å². The predicted molar refractivity (Wildman–Crippen MR) is 59.7 cm³/mol. The van der Waals surface area contributed by atoms with E-state index in [0.29, 0.717) is 0 Å². The minimum Gasteiger partial charge on any atom is -0.305 e. The van der Waals surface area contributed by atoms with Gasteiger partial charge in [0.05, 0.1) is 5.69 Å². The molecule has 2 rings (SSSR count). The first-order valence-electron chi connectivity index (χ1n) is 4.88. The van der Waals surface area contributed by atoms with Crippen molar-refractivity contribution in [3.63, 3.8) is 0 Å². The molecule has 1 aromatic carbocycles. The summed E-state index contributed by atoms with van der Waals surface area (Å²) in [4.78, 5) is 0. The van der Waals surface area contributed by atoms with Gasteiger partial charge >= 0.3 is 0 Å². The van der Waals surface area contributed by atoms with Crippen molar-refractivity contribution < 1.29 is 0 Å². The molecule has 0 saturated carbocycles. The number of allylic oxidation sites excluding steroid dienone is 4. The summed E-state index contributed by atoms with van der Waals surface area (Å²) in [7, 11) is 0. The zero-order chi connectivity index (χ0) is 9.64. The molecule has 72 valence electrons. The number of nitrogens with one attached hydrogen (secondary N) is 2. The van der Waals surface area contributed by atoms with Crippen LogP contribution in [0.3, 0.4) is 0 Å². The van der Waals surface area contributed by atoms with E-state index in [-0.39, 0.29) is 0 Å². The van der Waals surface area contributed by atoms with E-state index in [1.165, 1.54) is 5.70 Å². The normalized spacial score (nSPS) is 14.7. The number of rotatable bonds is 3. The summed E-state index contributed by atoms with van der Waals surface area (Å²) in [6.07, 6.45) is 8.55. The number of benzene rings is 1. The van der Waals surface area contributed by atoms with E-state index in [1.807, 2.05) is 30.3 Å². The summed E-state index contributed by atoms with van der Waals surface area (Å²) in [6, 6.07) is 10.1. The molecular weight excluding hydrogens is 172 g/mol. The van der Waals surface area contributed by atoms with E-state index in [4.69, 9.17) is 0 Å². The lowest BCUT2D eigenvalue weighted by Gasteiger charge is -2.13. The Labute approximate surface area is 84.3 Å². The van der Waals surface area contributed by atoms with Gasteiger partial charge in [0.2, 0.25) is 0 Å². The van der Waals surface area contributed by atoms with Crippen molar-refractivity contribution in [2.75, 3.05) is 5.43 Å². The van der Waals surface area contributed by atoms with Crippen LogP contribution in [0.2, 0.25) is 0 Å². The quantitative estimate of drug-likeness (QED) is 0.709. The number of anilines is 1. The highest BCUT2D eigenvalue weighted by Crippen LogP contribution is 2.09. The Hall–Kier alpha value is -1.70. The third-order valence-corrected chi connectivity index (χ3v) is 2.16. The minimum atomic E-state index is 1.08. The highest BCUT2D eigenvalue weighted by atomic mass is 15.4. The van der Waals surface area contributed by atoms with Crippen LogP contribution in [0, 0.1) is 0 Å². The van der Waals surface area contributed by atoms with Gasteiger partial charge in [0.1, 0.15) is 0 Å². The van der Waals surface area contributed by atoms with E-state index < -0.39 is 0 Å². The second kappa shape index (κ2) is 4.51. The Morgan fingerprint density at radius 1 is 1.00 bits per heavy atom. The lowest BCUT2D eigenvalue weighted by Crippen LogP contribution is -2.21. The van der Waals surface area contributed by atoms with E-state index in [2.05, 4.69) is 29.1 Å². The topological polar surface area (TPSA) is 24.1 Å². The van der Waals surface area contributed by atoms with Crippen LogP contribution in [0.15, 0.2) is 54.3 Å². The standard InChI is InChI=1S/C12H14N2/c1-3-7-11(8-4-1)13-14-12-9-5-2-6-10-12/h1-5,7-9,13-14H,6,10H2. The Morgan fingerprint density at radius 2 is 1.86 bits per heavy atom. The highest BCUT2D eigenvalue weighted by Gasteiger charge is 1.97. The smallest absolute Gasteiger partial charge is 0.0539 e. The summed E-state index contributed by atoms with van der Waals surface area (Å²) in [5.74, 6) is 0. The monoisotopic (exact) mass is 186 g/mol. The van der Waals surface area contributed by atoms with Crippen molar-refractivity contribution in [1.82, 2.24) is 5.43 Å². The molecule has 2 N–H and O–H groups in total. The van der Waals surface area contributed by atoms with Crippen LogP contribution in [0.25, 0.3) is 0 Å². The Kier molecular flexibility index (Phi) is 2.86. The third-order valence-electron chi connectivity index (χ3n) is 2.16. The first kappa shape index (κ1) is 8.88. The van der Waals surface area contributed by atoms with Crippen LogP contribution in [-0.2, 0) is 0 Å². The molecule has 0 saturated heterocycles. The fourth-order valence-corrected chi connectivity index (χ4v) is 1.38. The van der Waals surface area contributed by atoms with Crippen molar-refractivity contribution in [3.8, 4) is 0 Å². The summed E-state index contributed by atoms with van der Waals surface area (Å²) < 4.78 is 0. The van der Waals surface area contributed by atoms with Crippen LogP contribution in [-0.4, -0.2) is 0 Å². The van der Waals surface area contributed by atoms with Gasteiger partial charge in [0, 0.05) is 5.70 Å². The molecule has 0 unspecified atom stereocenters. The molecule has 0 fully saturated rings. The summed E-state index contributed by atoms with van der Waals surface area (Å²) in [6.45, 7) is 0. The van der Waals surface area contributed by atoms with E-state index in [0.717, 1.165) is 18.5 Å². The molecule has 0 bridgehead atoms. The van der Waals surface area contributed by atoms with Gasteiger partial charge in [-0.15, -0.1) is 0 Å². The second-order valence-corrected chi connectivity index (χ2v) is 3.27. The SMILES string of the molecule is C1=CCCC(NNc2ccccc2)=C1. The maximum Gasteiger partial charge on any atom is 0.0539 e. The number of hydrogen-bond acceptors (Lipinski definition) is 2. The van der Waals surface area contributed by atoms with Crippen molar-refractivity contribution in [1.29, 1.82) is 0 Å². The van der Waals surface area contributed by atoms with E-state index >= 15 is 0 Å². The van der Waals surface area contributed by atoms with Gasteiger partial charge in [-0.05, 0) is 31.1 Å². The summed E-state index contributed by atoms with van der Waals surface area (Å²) in [5, 5.41) is 0. The fraction of sp³-hybridized carbons (Fsp3) is 0.167. The first-order valence-corrected chi connectivity index (χ1v) is 4.88. The average Bonchev–Trinajstić information content (AvgIpc) is 2.29. The van der Waals surface area contributed by atoms with Crippen molar-refractivity contribution in [3.05, 3.63) is 54.3 Å². The maximum atomic E-state index is 3.20.